The van der Waals surface area contributed by atoms with Crippen molar-refractivity contribution in [3.63, 3.8) is 0 Å². The second-order valence-corrected chi connectivity index (χ2v) is 9.31. The molecule has 0 radical (unpaired) electrons. The summed E-state index contributed by atoms with van der Waals surface area (Å²) < 4.78 is 38.1. The maximum absolute atomic E-state index is 12.9. The van der Waals surface area contributed by atoms with Gasteiger partial charge in [0.2, 0.25) is 10.0 Å². The van der Waals surface area contributed by atoms with Crippen LogP contribution in [0.5, 0.6) is 0 Å². The number of rotatable bonds is 10. The molecular weight excluding hydrogens is 470 g/mol. The number of anilines is 2. The summed E-state index contributed by atoms with van der Waals surface area (Å²) in [4.78, 5) is 24.7. The molecule has 0 saturated heterocycles. The summed E-state index contributed by atoms with van der Waals surface area (Å²) in [6.45, 7) is 2.18. The first-order valence-electron chi connectivity index (χ1n) is 10.8. The van der Waals surface area contributed by atoms with E-state index in [1.165, 1.54) is 13.2 Å². The minimum atomic E-state index is -3.85. The molecule has 0 atom stereocenters. The van der Waals surface area contributed by atoms with E-state index in [4.69, 9.17) is 9.47 Å². The van der Waals surface area contributed by atoms with Gasteiger partial charge in [0.1, 0.15) is 6.61 Å². The fraction of sp³-hybridized carbons (Fsp3) is 0.200. The number of nitrogens with one attached hydrogen (secondary N) is 3. The Balaban J connectivity index is 1.69. The van der Waals surface area contributed by atoms with E-state index in [0.29, 0.717) is 16.9 Å². The molecule has 35 heavy (non-hydrogen) atoms. The molecule has 3 N–H and O–H groups in total. The number of carbonyl (C=O) groups excluding carboxylic acids is 2. The zero-order valence-corrected chi connectivity index (χ0v) is 20.2. The molecule has 0 bridgehead atoms. The highest BCUT2D eigenvalue weighted by Crippen LogP contribution is 2.20. The molecule has 0 aliphatic rings. The lowest BCUT2D eigenvalue weighted by molar-refractivity contribution is 0.102. The smallest absolute Gasteiger partial charge is 0.411 e. The van der Waals surface area contributed by atoms with E-state index >= 15 is 0 Å². The van der Waals surface area contributed by atoms with Crippen molar-refractivity contribution in [3.05, 3.63) is 89.5 Å². The highest BCUT2D eigenvalue weighted by molar-refractivity contribution is 7.89. The average molecular weight is 498 g/mol. The lowest BCUT2D eigenvalue weighted by Crippen LogP contribution is -2.24. The Morgan fingerprint density at radius 3 is 2.29 bits per heavy atom. The second-order valence-electron chi connectivity index (χ2n) is 7.58. The number of sulfonamides is 1. The molecular formula is C25H27N3O6S. The van der Waals surface area contributed by atoms with Crippen molar-refractivity contribution in [1.29, 1.82) is 0 Å². The van der Waals surface area contributed by atoms with Crippen LogP contribution in [-0.2, 0) is 26.0 Å². The molecule has 3 aromatic rings. The van der Waals surface area contributed by atoms with Gasteiger partial charge in [-0.3, -0.25) is 10.1 Å². The molecule has 0 saturated carbocycles. The Bertz CT molecular complexity index is 1280. The van der Waals surface area contributed by atoms with Crippen LogP contribution >= 0.6 is 0 Å². The summed E-state index contributed by atoms with van der Waals surface area (Å²) in [5, 5.41) is 5.28. The summed E-state index contributed by atoms with van der Waals surface area (Å²) in [5.41, 5.74) is 2.34. The highest BCUT2D eigenvalue weighted by atomic mass is 32.2. The number of amides is 2. The van der Waals surface area contributed by atoms with Crippen LogP contribution in [0.1, 0.15) is 21.5 Å². The van der Waals surface area contributed by atoms with Gasteiger partial charge in [-0.15, -0.1) is 0 Å². The number of carbonyl (C=O) groups is 2. The van der Waals surface area contributed by atoms with Crippen molar-refractivity contribution in [2.75, 3.05) is 31.0 Å². The van der Waals surface area contributed by atoms with E-state index in [0.717, 1.165) is 5.56 Å². The highest BCUT2D eigenvalue weighted by Gasteiger charge is 2.19. The zero-order chi connectivity index (χ0) is 25.3. The molecule has 9 nitrogen and oxygen atoms in total. The lowest BCUT2D eigenvalue weighted by atomic mass is 10.1. The van der Waals surface area contributed by atoms with Gasteiger partial charge in [0, 0.05) is 30.6 Å². The molecule has 3 rings (SSSR count). The Morgan fingerprint density at radius 1 is 0.857 bits per heavy atom. The monoisotopic (exact) mass is 497 g/mol. The van der Waals surface area contributed by atoms with E-state index in [-0.39, 0.29) is 30.2 Å². The molecule has 10 heteroatoms. The van der Waals surface area contributed by atoms with E-state index in [2.05, 4.69) is 15.4 Å². The topological polar surface area (TPSA) is 123 Å². The zero-order valence-electron chi connectivity index (χ0n) is 19.4. The molecule has 0 spiro atoms. The Hall–Kier alpha value is -3.73. The van der Waals surface area contributed by atoms with E-state index in [1.807, 2.05) is 30.3 Å². The van der Waals surface area contributed by atoms with Gasteiger partial charge in [-0.25, -0.2) is 17.9 Å². The maximum atomic E-state index is 12.9. The number of hydrogen-bond donors (Lipinski definition) is 3. The summed E-state index contributed by atoms with van der Waals surface area (Å²) >= 11 is 0. The van der Waals surface area contributed by atoms with Crippen LogP contribution in [-0.4, -0.2) is 40.7 Å². The maximum Gasteiger partial charge on any atom is 0.411 e. The van der Waals surface area contributed by atoms with Crippen LogP contribution in [0.2, 0.25) is 0 Å². The fourth-order valence-electron chi connectivity index (χ4n) is 3.13. The summed E-state index contributed by atoms with van der Waals surface area (Å²) in [7, 11) is -2.35. The van der Waals surface area contributed by atoms with Crippen LogP contribution < -0.4 is 15.4 Å². The first-order valence-corrected chi connectivity index (χ1v) is 12.2. The Kier molecular flexibility index (Phi) is 8.96. The second kappa shape index (κ2) is 12.1. The summed E-state index contributed by atoms with van der Waals surface area (Å²) in [6.07, 6.45) is -0.651. The molecule has 0 unspecified atom stereocenters. The van der Waals surface area contributed by atoms with Crippen LogP contribution in [0.3, 0.4) is 0 Å². The van der Waals surface area contributed by atoms with Gasteiger partial charge in [-0.1, -0.05) is 42.5 Å². The molecule has 184 valence electrons. The summed E-state index contributed by atoms with van der Waals surface area (Å²) in [6, 6.07) is 20.1. The number of aryl methyl sites for hydroxylation is 1. The third kappa shape index (κ3) is 7.64. The summed E-state index contributed by atoms with van der Waals surface area (Å²) in [5.74, 6) is -0.496. The van der Waals surface area contributed by atoms with Gasteiger partial charge >= 0.3 is 6.09 Å². The van der Waals surface area contributed by atoms with Crippen LogP contribution in [0.25, 0.3) is 0 Å². The molecule has 0 aliphatic heterocycles. The molecule has 0 aliphatic carbocycles. The molecule has 3 aromatic carbocycles. The minimum Gasteiger partial charge on any atom is -0.447 e. The normalized spacial score (nSPS) is 11.0. The first kappa shape index (κ1) is 25.9. The third-order valence-corrected chi connectivity index (χ3v) is 6.48. The first-order chi connectivity index (χ1) is 16.8. The van der Waals surface area contributed by atoms with E-state index in [1.54, 1.807) is 43.3 Å². The minimum absolute atomic E-state index is 0.0234. The van der Waals surface area contributed by atoms with Gasteiger partial charge in [0.25, 0.3) is 5.91 Å². The number of ether oxygens (including phenoxy) is 2. The average Bonchev–Trinajstić information content (AvgIpc) is 2.84. The van der Waals surface area contributed by atoms with Crippen molar-refractivity contribution in [2.24, 2.45) is 0 Å². The fourth-order valence-corrected chi connectivity index (χ4v) is 4.42. The SMILES string of the molecule is COCCOC(=O)Nc1cccc(NC(=O)c2ccc(C)c(S(=O)(=O)NCc3ccccc3)c2)c1. The third-order valence-electron chi connectivity index (χ3n) is 4.94. The van der Waals surface area contributed by atoms with Gasteiger partial charge in [0.15, 0.2) is 0 Å². The van der Waals surface area contributed by atoms with Gasteiger partial charge in [-0.05, 0) is 48.4 Å². The van der Waals surface area contributed by atoms with Gasteiger partial charge < -0.3 is 14.8 Å². The standard InChI is InChI=1S/C25H27N3O6S/c1-18-11-12-20(15-23(18)35(31,32)26-17-19-7-4-3-5-8-19)24(29)27-21-9-6-10-22(16-21)28-25(30)34-14-13-33-2/h3-12,15-16,26H,13-14,17H2,1-2H3,(H,27,29)(H,28,30). The van der Waals surface area contributed by atoms with Crippen molar-refractivity contribution in [2.45, 2.75) is 18.4 Å². The molecule has 2 amide bonds. The predicted molar refractivity (Wildman–Crippen MR) is 133 cm³/mol. The lowest BCUT2D eigenvalue weighted by Gasteiger charge is -2.12. The predicted octanol–water partition coefficient (Wildman–Crippen LogP) is 3.92. The number of methoxy groups -OCH3 is 1. The quantitative estimate of drug-likeness (QED) is 0.365. The van der Waals surface area contributed by atoms with Crippen LogP contribution in [0.15, 0.2) is 77.7 Å². The van der Waals surface area contributed by atoms with Gasteiger partial charge in [-0.2, -0.15) is 0 Å². The van der Waals surface area contributed by atoms with Gasteiger partial charge in [0.05, 0.1) is 11.5 Å². The Morgan fingerprint density at radius 2 is 1.57 bits per heavy atom. The number of hydrogen-bond acceptors (Lipinski definition) is 6. The Labute approximate surface area is 204 Å². The van der Waals surface area contributed by atoms with Crippen LogP contribution in [0, 0.1) is 6.92 Å². The largest absolute Gasteiger partial charge is 0.447 e. The number of benzene rings is 3. The van der Waals surface area contributed by atoms with Crippen molar-refractivity contribution >= 4 is 33.4 Å². The van der Waals surface area contributed by atoms with Crippen LogP contribution in [0.4, 0.5) is 16.2 Å². The molecule has 0 fully saturated rings. The van der Waals surface area contributed by atoms with Crippen molar-refractivity contribution in [1.82, 2.24) is 4.72 Å². The van der Waals surface area contributed by atoms with Crippen molar-refractivity contribution < 1.29 is 27.5 Å². The van der Waals surface area contributed by atoms with E-state index < -0.39 is 22.0 Å². The molecule has 0 heterocycles. The molecule has 0 aromatic heterocycles. The van der Waals surface area contributed by atoms with E-state index in [9.17, 15) is 18.0 Å². The van der Waals surface area contributed by atoms with Crippen molar-refractivity contribution in [3.8, 4) is 0 Å².